The number of likely N-dealkylation sites (tertiary alicyclic amines) is 1. The van der Waals surface area contributed by atoms with Gasteiger partial charge in [-0.2, -0.15) is 0 Å². The van der Waals surface area contributed by atoms with Gasteiger partial charge in [-0.25, -0.2) is 0 Å². The van der Waals surface area contributed by atoms with E-state index in [2.05, 4.69) is 11.8 Å². The Morgan fingerprint density at radius 3 is 1.80 bits per heavy atom. The van der Waals surface area contributed by atoms with Crippen molar-refractivity contribution in [2.24, 2.45) is 5.92 Å². The van der Waals surface area contributed by atoms with Crippen molar-refractivity contribution in [3.8, 4) is 0 Å². The first kappa shape index (κ1) is 18.0. The molecule has 0 radical (unpaired) electrons. The maximum atomic E-state index is 9.12. The zero-order valence-corrected chi connectivity index (χ0v) is 13.8. The van der Waals surface area contributed by atoms with Gasteiger partial charge >= 0.3 is 0 Å². The lowest BCUT2D eigenvalue weighted by Crippen LogP contribution is -2.35. The summed E-state index contributed by atoms with van der Waals surface area (Å²) < 4.78 is 0. The molecule has 0 saturated carbocycles. The van der Waals surface area contributed by atoms with Crippen LogP contribution in [0.15, 0.2) is 0 Å². The Morgan fingerprint density at radius 2 is 1.30 bits per heavy atom. The van der Waals surface area contributed by atoms with Crippen LogP contribution in [0.3, 0.4) is 0 Å². The number of hydrogen-bond acceptors (Lipinski definition) is 2. The first-order valence-electron chi connectivity index (χ1n) is 9.20. The van der Waals surface area contributed by atoms with Gasteiger partial charge in [0.2, 0.25) is 0 Å². The second-order valence-corrected chi connectivity index (χ2v) is 6.65. The zero-order valence-electron chi connectivity index (χ0n) is 13.8. The Hall–Kier alpha value is -0.0800. The van der Waals surface area contributed by atoms with Crippen molar-refractivity contribution in [3.63, 3.8) is 0 Å². The molecule has 0 spiro atoms. The molecule has 20 heavy (non-hydrogen) atoms. The van der Waals surface area contributed by atoms with Crippen LogP contribution in [-0.2, 0) is 0 Å². The molecule has 0 atom stereocenters. The van der Waals surface area contributed by atoms with Crippen molar-refractivity contribution in [2.75, 3.05) is 26.2 Å². The van der Waals surface area contributed by atoms with E-state index in [1.807, 2.05) is 0 Å². The van der Waals surface area contributed by atoms with Crippen molar-refractivity contribution in [1.82, 2.24) is 4.90 Å². The van der Waals surface area contributed by atoms with Crippen LogP contribution in [0.4, 0.5) is 0 Å². The SMILES string of the molecule is CCCCCCCCCCCCN1CCC(CO)CC1. The third-order valence-corrected chi connectivity index (χ3v) is 4.79. The summed E-state index contributed by atoms with van der Waals surface area (Å²) in [5.41, 5.74) is 0. The van der Waals surface area contributed by atoms with E-state index in [0.717, 1.165) is 0 Å². The molecular formula is C18H37NO. The average molecular weight is 284 g/mol. The summed E-state index contributed by atoms with van der Waals surface area (Å²) in [5.74, 6) is 0.582. The molecule has 0 aliphatic carbocycles. The Kier molecular flexibility index (Phi) is 11.4. The summed E-state index contributed by atoms with van der Waals surface area (Å²) in [4.78, 5) is 2.59. The summed E-state index contributed by atoms with van der Waals surface area (Å²) >= 11 is 0. The fourth-order valence-corrected chi connectivity index (χ4v) is 3.22. The predicted octanol–water partition coefficient (Wildman–Crippen LogP) is 4.61. The van der Waals surface area contributed by atoms with E-state index < -0.39 is 0 Å². The molecule has 1 N–H and O–H groups in total. The van der Waals surface area contributed by atoms with Crippen molar-refractivity contribution < 1.29 is 5.11 Å². The Bertz CT molecular complexity index is 200. The van der Waals surface area contributed by atoms with E-state index in [-0.39, 0.29) is 0 Å². The van der Waals surface area contributed by atoms with Crippen LogP contribution in [0.25, 0.3) is 0 Å². The molecule has 2 nitrogen and oxygen atoms in total. The fourth-order valence-electron chi connectivity index (χ4n) is 3.22. The first-order valence-corrected chi connectivity index (χ1v) is 9.20. The quantitative estimate of drug-likeness (QED) is 0.529. The van der Waals surface area contributed by atoms with E-state index in [1.54, 1.807) is 0 Å². The molecule has 0 unspecified atom stereocenters. The summed E-state index contributed by atoms with van der Waals surface area (Å²) in [7, 11) is 0. The van der Waals surface area contributed by atoms with Crippen molar-refractivity contribution >= 4 is 0 Å². The third-order valence-electron chi connectivity index (χ3n) is 4.79. The normalized spacial score (nSPS) is 17.7. The predicted molar refractivity (Wildman–Crippen MR) is 88.1 cm³/mol. The van der Waals surface area contributed by atoms with Crippen LogP contribution in [0.2, 0.25) is 0 Å². The molecule has 1 rings (SSSR count). The number of hydrogen-bond donors (Lipinski definition) is 1. The molecule has 120 valence electrons. The Labute approximate surface area is 126 Å². The molecular weight excluding hydrogens is 246 g/mol. The molecule has 0 bridgehead atoms. The van der Waals surface area contributed by atoms with Gasteiger partial charge in [0.25, 0.3) is 0 Å². The van der Waals surface area contributed by atoms with Crippen LogP contribution in [-0.4, -0.2) is 36.2 Å². The number of rotatable bonds is 12. The fraction of sp³-hybridized carbons (Fsp3) is 1.00. The molecule has 1 fully saturated rings. The maximum absolute atomic E-state index is 9.12. The largest absolute Gasteiger partial charge is 0.396 e. The number of unbranched alkanes of at least 4 members (excludes halogenated alkanes) is 9. The monoisotopic (exact) mass is 283 g/mol. The topological polar surface area (TPSA) is 23.5 Å². The molecule has 1 saturated heterocycles. The number of aliphatic hydroxyl groups is 1. The Morgan fingerprint density at radius 1 is 0.800 bits per heavy atom. The highest BCUT2D eigenvalue weighted by atomic mass is 16.3. The number of piperidine rings is 1. The van der Waals surface area contributed by atoms with Crippen LogP contribution in [0.1, 0.15) is 84.0 Å². The summed E-state index contributed by atoms with van der Waals surface area (Å²) in [5, 5.41) is 9.12. The minimum atomic E-state index is 0.395. The lowest BCUT2D eigenvalue weighted by Gasteiger charge is -2.30. The number of aliphatic hydroxyl groups excluding tert-OH is 1. The molecule has 0 aromatic carbocycles. The second kappa shape index (κ2) is 12.6. The van der Waals surface area contributed by atoms with Gasteiger partial charge in [0.05, 0.1) is 0 Å². The highest BCUT2D eigenvalue weighted by Gasteiger charge is 2.17. The van der Waals surface area contributed by atoms with Gasteiger partial charge in [0.15, 0.2) is 0 Å². The van der Waals surface area contributed by atoms with Crippen molar-refractivity contribution in [1.29, 1.82) is 0 Å². The smallest absolute Gasteiger partial charge is 0.0460 e. The minimum Gasteiger partial charge on any atom is -0.396 e. The summed E-state index contributed by atoms with van der Waals surface area (Å²) in [6, 6.07) is 0. The molecule has 1 aliphatic rings. The lowest BCUT2D eigenvalue weighted by molar-refractivity contribution is 0.130. The lowest BCUT2D eigenvalue weighted by atomic mass is 9.97. The summed E-state index contributed by atoms with van der Waals surface area (Å²) in [6.07, 6.45) is 16.6. The first-order chi connectivity index (χ1) is 9.86. The van der Waals surface area contributed by atoms with E-state index >= 15 is 0 Å². The molecule has 0 amide bonds. The second-order valence-electron chi connectivity index (χ2n) is 6.65. The van der Waals surface area contributed by atoms with Crippen molar-refractivity contribution in [3.05, 3.63) is 0 Å². The maximum Gasteiger partial charge on any atom is 0.0460 e. The van der Waals surface area contributed by atoms with Gasteiger partial charge in [0, 0.05) is 6.61 Å². The van der Waals surface area contributed by atoms with E-state index in [1.165, 1.54) is 96.7 Å². The van der Waals surface area contributed by atoms with Gasteiger partial charge in [-0.1, -0.05) is 64.7 Å². The summed E-state index contributed by atoms with van der Waals surface area (Å²) in [6.45, 7) is 6.39. The number of nitrogens with zero attached hydrogens (tertiary/aromatic N) is 1. The Balaban J connectivity index is 1.79. The minimum absolute atomic E-state index is 0.395. The molecule has 1 heterocycles. The zero-order chi connectivity index (χ0) is 14.5. The van der Waals surface area contributed by atoms with Crippen molar-refractivity contribution in [2.45, 2.75) is 84.0 Å². The van der Waals surface area contributed by atoms with Gasteiger partial charge < -0.3 is 10.0 Å². The van der Waals surface area contributed by atoms with E-state index in [0.29, 0.717) is 12.5 Å². The molecule has 1 aliphatic heterocycles. The van der Waals surface area contributed by atoms with Crippen LogP contribution in [0.5, 0.6) is 0 Å². The van der Waals surface area contributed by atoms with Crippen LogP contribution in [0, 0.1) is 5.92 Å². The van der Waals surface area contributed by atoms with Gasteiger partial charge in [-0.3, -0.25) is 0 Å². The molecule has 2 heteroatoms. The average Bonchev–Trinajstić information content (AvgIpc) is 2.50. The molecule has 0 aromatic heterocycles. The third kappa shape index (κ3) is 8.97. The van der Waals surface area contributed by atoms with Crippen LogP contribution >= 0.6 is 0 Å². The van der Waals surface area contributed by atoms with E-state index in [4.69, 9.17) is 5.11 Å². The van der Waals surface area contributed by atoms with Gasteiger partial charge in [0.1, 0.15) is 0 Å². The van der Waals surface area contributed by atoms with Crippen LogP contribution < -0.4 is 0 Å². The standard InChI is InChI=1S/C18H37NO/c1-2-3-4-5-6-7-8-9-10-11-14-19-15-12-18(17-20)13-16-19/h18,20H,2-17H2,1H3. The molecule has 0 aromatic rings. The van der Waals surface area contributed by atoms with E-state index in [9.17, 15) is 0 Å². The highest BCUT2D eigenvalue weighted by Crippen LogP contribution is 2.17. The van der Waals surface area contributed by atoms with Gasteiger partial charge in [-0.15, -0.1) is 0 Å². The highest BCUT2D eigenvalue weighted by molar-refractivity contribution is 4.71. The van der Waals surface area contributed by atoms with Gasteiger partial charge in [-0.05, 0) is 44.8 Å².